The lowest BCUT2D eigenvalue weighted by Gasteiger charge is -2.20. The SMILES string of the molecule is COc1ccc(/C=C/C(=O)c2ccc3c(c2)Nc2ccccc2S3)c(OC)c1OC. The molecule has 1 aliphatic heterocycles. The summed E-state index contributed by atoms with van der Waals surface area (Å²) in [6, 6.07) is 17.4. The second-order valence-corrected chi connectivity index (χ2v) is 7.64. The number of nitrogens with one attached hydrogen (secondary N) is 1. The lowest BCUT2D eigenvalue weighted by Crippen LogP contribution is -2.02. The van der Waals surface area contributed by atoms with Crippen molar-refractivity contribution in [3.05, 3.63) is 71.8 Å². The van der Waals surface area contributed by atoms with Crippen molar-refractivity contribution in [3.63, 3.8) is 0 Å². The lowest BCUT2D eigenvalue weighted by molar-refractivity contribution is 0.104. The summed E-state index contributed by atoms with van der Waals surface area (Å²) in [5.41, 5.74) is 3.31. The molecule has 5 nitrogen and oxygen atoms in total. The highest BCUT2D eigenvalue weighted by Crippen LogP contribution is 2.44. The number of carbonyl (C=O) groups excluding carboxylic acids is 1. The summed E-state index contributed by atoms with van der Waals surface area (Å²) in [6.07, 6.45) is 3.26. The van der Waals surface area contributed by atoms with Gasteiger partial charge in [0.2, 0.25) is 5.75 Å². The summed E-state index contributed by atoms with van der Waals surface area (Å²) >= 11 is 1.69. The van der Waals surface area contributed by atoms with Gasteiger partial charge in [-0.3, -0.25) is 4.79 Å². The lowest BCUT2D eigenvalue weighted by atomic mass is 10.1. The average molecular weight is 420 g/mol. The van der Waals surface area contributed by atoms with Crippen molar-refractivity contribution in [2.75, 3.05) is 26.6 Å². The molecule has 0 aliphatic carbocycles. The van der Waals surface area contributed by atoms with Gasteiger partial charge in [-0.25, -0.2) is 0 Å². The fourth-order valence-corrected chi connectivity index (χ4v) is 4.28. The van der Waals surface area contributed by atoms with Crippen molar-refractivity contribution in [3.8, 4) is 17.2 Å². The topological polar surface area (TPSA) is 56.8 Å². The Morgan fingerprint density at radius 2 is 1.63 bits per heavy atom. The zero-order valence-corrected chi connectivity index (χ0v) is 17.7. The fourth-order valence-electron chi connectivity index (χ4n) is 3.31. The van der Waals surface area contributed by atoms with Crippen LogP contribution in [0.25, 0.3) is 6.08 Å². The van der Waals surface area contributed by atoms with Crippen molar-refractivity contribution >= 4 is 35.0 Å². The predicted molar refractivity (Wildman–Crippen MR) is 120 cm³/mol. The molecule has 0 fully saturated rings. The van der Waals surface area contributed by atoms with E-state index in [1.54, 1.807) is 45.2 Å². The van der Waals surface area contributed by atoms with Gasteiger partial charge in [-0.1, -0.05) is 23.9 Å². The van der Waals surface area contributed by atoms with Crippen LogP contribution in [0.5, 0.6) is 17.2 Å². The molecule has 1 N–H and O–H groups in total. The first kappa shape index (κ1) is 19.9. The van der Waals surface area contributed by atoms with Crippen LogP contribution in [0.4, 0.5) is 11.4 Å². The summed E-state index contributed by atoms with van der Waals surface area (Å²) in [4.78, 5) is 15.1. The van der Waals surface area contributed by atoms with Crippen LogP contribution in [0.2, 0.25) is 0 Å². The molecule has 152 valence electrons. The highest BCUT2D eigenvalue weighted by molar-refractivity contribution is 7.99. The number of ether oxygens (including phenoxy) is 3. The highest BCUT2D eigenvalue weighted by atomic mass is 32.2. The summed E-state index contributed by atoms with van der Waals surface area (Å²) in [5, 5.41) is 3.41. The first-order valence-corrected chi connectivity index (χ1v) is 10.2. The first-order valence-electron chi connectivity index (χ1n) is 9.34. The Bertz CT molecular complexity index is 1140. The van der Waals surface area contributed by atoms with Crippen molar-refractivity contribution < 1.29 is 19.0 Å². The van der Waals surface area contributed by atoms with Crippen molar-refractivity contribution in [1.82, 2.24) is 0 Å². The monoisotopic (exact) mass is 419 g/mol. The van der Waals surface area contributed by atoms with Crippen LogP contribution >= 0.6 is 11.8 Å². The number of benzene rings is 3. The van der Waals surface area contributed by atoms with E-state index in [4.69, 9.17) is 14.2 Å². The number of anilines is 2. The molecule has 1 aliphatic rings. The molecule has 0 saturated carbocycles. The Morgan fingerprint density at radius 1 is 0.867 bits per heavy atom. The molecule has 0 atom stereocenters. The predicted octanol–water partition coefficient (Wildman–Crippen LogP) is 5.82. The molecule has 3 aromatic rings. The van der Waals surface area contributed by atoms with Gasteiger partial charge in [0.05, 0.1) is 32.7 Å². The maximum atomic E-state index is 12.8. The molecule has 0 unspecified atom stereocenters. The number of rotatable bonds is 6. The molecule has 6 heteroatoms. The van der Waals surface area contributed by atoms with Gasteiger partial charge in [-0.15, -0.1) is 0 Å². The van der Waals surface area contributed by atoms with Crippen LogP contribution in [-0.4, -0.2) is 27.1 Å². The number of para-hydroxylation sites is 1. The fraction of sp³-hybridized carbons (Fsp3) is 0.125. The summed E-state index contributed by atoms with van der Waals surface area (Å²) in [6.45, 7) is 0. The van der Waals surface area contributed by atoms with Crippen molar-refractivity contribution in [1.29, 1.82) is 0 Å². The number of ketones is 1. The zero-order valence-electron chi connectivity index (χ0n) is 16.9. The van der Waals surface area contributed by atoms with Crippen LogP contribution in [0.15, 0.2) is 70.5 Å². The van der Waals surface area contributed by atoms with Crippen molar-refractivity contribution in [2.24, 2.45) is 0 Å². The minimum atomic E-state index is -0.0969. The highest BCUT2D eigenvalue weighted by Gasteiger charge is 2.17. The summed E-state index contributed by atoms with van der Waals surface area (Å²) in [7, 11) is 4.67. The van der Waals surface area contributed by atoms with E-state index in [1.807, 2.05) is 42.5 Å². The Morgan fingerprint density at radius 3 is 2.40 bits per heavy atom. The maximum absolute atomic E-state index is 12.8. The second kappa shape index (κ2) is 8.55. The normalized spacial score (nSPS) is 12.0. The maximum Gasteiger partial charge on any atom is 0.203 e. The Labute approximate surface area is 179 Å². The number of allylic oxidation sites excluding steroid dienone is 1. The van der Waals surface area contributed by atoms with Gasteiger partial charge in [0.25, 0.3) is 0 Å². The standard InChI is InChI=1S/C24H21NO4S/c1-27-20-12-9-15(23(28-2)24(20)29-3)8-11-19(26)16-10-13-22-18(14-16)25-17-6-4-5-7-21(17)30-22/h4-14,25H,1-3H3/b11-8+. The van der Waals surface area contributed by atoms with E-state index < -0.39 is 0 Å². The average Bonchev–Trinajstić information content (AvgIpc) is 2.79. The second-order valence-electron chi connectivity index (χ2n) is 6.56. The molecule has 0 radical (unpaired) electrons. The quantitative estimate of drug-likeness (QED) is 0.314. The number of fused-ring (bicyclic) bond motifs is 2. The third-order valence-corrected chi connectivity index (χ3v) is 5.94. The minimum absolute atomic E-state index is 0.0969. The number of methoxy groups -OCH3 is 3. The minimum Gasteiger partial charge on any atom is -0.493 e. The van der Waals surface area contributed by atoms with Gasteiger partial charge in [0.15, 0.2) is 17.3 Å². The Hall–Kier alpha value is -3.38. The van der Waals surface area contributed by atoms with Gasteiger partial charge in [-0.05, 0) is 54.6 Å². The first-order chi connectivity index (χ1) is 14.6. The van der Waals surface area contributed by atoms with E-state index in [0.29, 0.717) is 22.8 Å². The van der Waals surface area contributed by atoms with Crippen LogP contribution in [-0.2, 0) is 0 Å². The van der Waals surface area contributed by atoms with Gasteiger partial charge in [-0.2, -0.15) is 0 Å². The van der Waals surface area contributed by atoms with Gasteiger partial charge >= 0.3 is 0 Å². The van der Waals surface area contributed by atoms with Crippen LogP contribution in [0.3, 0.4) is 0 Å². The van der Waals surface area contributed by atoms with E-state index in [-0.39, 0.29) is 5.78 Å². The molecule has 0 amide bonds. The molecule has 0 spiro atoms. The van der Waals surface area contributed by atoms with Gasteiger partial charge < -0.3 is 19.5 Å². The zero-order chi connectivity index (χ0) is 21.1. The van der Waals surface area contributed by atoms with Gasteiger partial charge in [0.1, 0.15) is 0 Å². The smallest absolute Gasteiger partial charge is 0.203 e. The van der Waals surface area contributed by atoms with E-state index in [0.717, 1.165) is 21.8 Å². The molecule has 0 saturated heterocycles. The largest absolute Gasteiger partial charge is 0.493 e. The van der Waals surface area contributed by atoms with Crippen molar-refractivity contribution in [2.45, 2.75) is 9.79 Å². The number of carbonyl (C=O) groups is 1. The van der Waals surface area contributed by atoms with E-state index in [1.165, 1.54) is 11.0 Å². The summed E-state index contributed by atoms with van der Waals surface area (Å²) < 4.78 is 16.2. The molecule has 1 heterocycles. The third-order valence-electron chi connectivity index (χ3n) is 4.79. The molecular formula is C24H21NO4S. The van der Waals surface area contributed by atoms with E-state index in [9.17, 15) is 4.79 Å². The molecule has 30 heavy (non-hydrogen) atoms. The number of hydrogen-bond acceptors (Lipinski definition) is 6. The third kappa shape index (κ3) is 3.74. The van der Waals surface area contributed by atoms with Gasteiger partial charge in [0, 0.05) is 20.9 Å². The van der Waals surface area contributed by atoms with E-state index >= 15 is 0 Å². The molecule has 0 aromatic heterocycles. The number of hydrogen-bond donors (Lipinski definition) is 1. The molecule has 4 rings (SSSR count). The Kier molecular flexibility index (Phi) is 5.68. The van der Waals surface area contributed by atoms with Crippen LogP contribution in [0.1, 0.15) is 15.9 Å². The molecular weight excluding hydrogens is 398 g/mol. The van der Waals surface area contributed by atoms with E-state index in [2.05, 4.69) is 11.4 Å². The molecule has 0 bridgehead atoms. The summed E-state index contributed by atoms with van der Waals surface area (Å²) in [5.74, 6) is 1.47. The van der Waals surface area contributed by atoms with Crippen LogP contribution in [0, 0.1) is 0 Å². The van der Waals surface area contributed by atoms with Crippen LogP contribution < -0.4 is 19.5 Å². The Balaban J connectivity index is 1.59. The molecule has 3 aromatic carbocycles.